The van der Waals surface area contributed by atoms with Crippen LogP contribution in [0.3, 0.4) is 0 Å². The molecule has 1 aromatic heterocycles. The lowest BCUT2D eigenvalue weighted by atomic mass is 9.84. The van der Waals surface area contributed by atoms with Crippen LogP contribution in [0.5, 0.6) is 0 Å². The average molecular weight is 234 g/mol. The van der Waals surface area contributed by atoms with E-state index in [0.717, 1.165) is 5.56 Å². The minimum absolute atomic E-state index is 0.0600. The van der Waals surface area contributed by atoms with Gasteiger partial charge in [0.25, 0.3) is 5.89 Å². The van der Waals surface area contributed by atoms with Gasteiger partial charge in [0.1, 0.15) is 5.82 Å². The lowest BCUT2D eigenvalue weighted by Crippen LogP contribution is -2.20. The second kappa shape index (κ2) is 4.08. The zero-order valence-corrected chi connectivity index (χ0v) is 9.48. The third kappa shape index (κ3) is 2.08. The number of aromatic nitrogens is 2. The zero-order valence-electron chi connectivity index (χ0n) is 9.48. The Bertz CT molecular complexity index is 532. The maximum absolute atomic E-state index is 12.8. The van der Waals surface area contributed by atoms with E-state index in [0.29, 0.717) is 12.1 Å². The summed E-state index contributed by atoms with van der Waals surface area (Å²) in [7, 11) is 0. The molecule has 0 spiro atoms. The van der Waals surface area contributed by atoms with Crippen LogP contribution in [0, 0.1) is 5.82 Å². The minimum Gasteiger partial charge on any atom is -0.331 e. The Morgan fingerprint density at radius 2 is 1.94 bits per heavy atom. The van der Waals surface area contributed by atoms with E-state index < -0.39 is 5.41 Å². The van der Waals surface area contributed by atoms with Crippen molar-refractivity contribution in [3.63, 3.8) is 0 Å². The summed E-state index contributed by atoms with van der Waals surface area (Å²) >= 11 is 0. The normalized spacial score (nSPS) is 11.5. The van der Waals surface area contributed by atoms with Crippen LogP contribution in [0.2, 0.25) is 0 Å². The number of nitrogens with zero attached hydrogens (tertiary/aromatic N) is 2. The van der Waals surface area contributed by atoms with E-state index >= 15 is 0 Å². The van der Waals surface area contributed by atoms with Gasteiger partial charge >= 0.3 is 0 Å². The van der Waals surface area contributed by atoms with Gasteiger partial charge in [-0.05, 0) is 31.5 Å². The lowest BCUT2D eigenvalue weighted by Gasteiger charge is -2.20. The van der Waals surface area contributed by atoms with Crippen molar-refractivity contribution in [2.24, 2.45) is 0 Å². The highest BCUT2D eigenvalue weighted by molar-refractivity contribution is 5.67. The molecule has 0 amide bonds. The van der Waals surface area contributed by atoms with Crippen LogP contribution in [-0.2, 0) is 5.41 Å². The van der Waals surface area contributed by atoms with Crippen molar-refractivity contribution in [3.8, 4) is 0 Å². The second-order valence-electron chi connectivity index (χ2n) is 4.21. The monoisotopic (exact) mass is 234 g/mol. The van der Waals surface area contributed by atoms with Gasteiger partial charge in [-0.15, -0.1) is 0 Å². The van der Waals surface area contributed by atoms with E-state index in [1.807, 2.05) is 13.8 Å². The number of carbonyl (C=O) groups excluding carboxylic acids is 1. The van der Waals surface area contributed by atoms with Crippen molar-refractivity contribution in [2.45, 2.75) is 19.3 Å². The summed E-state index contributed by atoms with van der Waals surface area (Å²) in [5.41, 5.74) is 0.301. The van der Waals surface area contributed by atoms with E-state index in [-0.39, 0.29) is 11.7 Å². The number of benzene rings is 1. The number of hydrogen-bond acceptors (Lipinski definition) is 4. The molecule has 88 valence electrons. The van der Waals surface area contributed by atoms with Gasteiger partial charge in [0.05, 0.1) is 5.41 Å². The van der Waals surface area contributed by atoms with Gasteiger partial charge in [-0.1, -0.05) is 17.3 Å². The molecule has 0 unspecified atom stereocenters. The van der Waals surface area contributed by atoms with Crippen LogP contribution in [-0.4, -0.2) is 16.4 Å². The molecular weight excluding hydrogens is 223 g/mol. The van der Waals surface area contributed by atoms with Gasteiger partial charge in [-0.2, -0.15) is 4.98 Å². The predicted molar refractivity (Wildman–Crippen MR) is 58.2 cm³/mol. The molecule has 4 nitrogen and oxygen atoms in total. The van der Waals surface area contributed by atoms with Crippen molar-refractivity contribution >= 4 is 6.29 Å². The molecule has 5 heteroatoms. The van der Waals surface area contributed by atoms with Crippen molar-refractivity contribution in [1.29, 1.82) is 0 Å². The molecule has 1 aromatic carbocycles. The second-order valence-corrected chi connectivity index (χ2v) is 4.21. The lowest BCUT2D eigenvalue weighted by molar-refractivity contribution is 0.108. The molecule has 0 bridgehead atoms. The van der Waals surface area contributed by atoms with Crippen molar-refractivity contribution in [2.75, 3.05) is 0 Å². The highest BCUT2D eigenvalue weighted by Crippen LogP contribution is 2.29. The van der Waals surface area contributed by atoms with Crippen molar-refractivity contribution in [3.05, 3.63) is 47.4 Å². The third-order valence-corrected chi connectivity index (χ3v) is 2.67. The van der Waals surface area contributed by atoms with Crippen LogP contribution >= 0.6 is 0 Å². The Kier molecular flexibility index (Phi) is 2.75. The first-order chi connectivity index (χ1) is 8.04. The molecule has 0 atom stereocenters. The highest BCUT2D eigenvalue weighted by atomic mass is 19.1. The van der Waals surface area contributed by atoms with Crippen LogP contribution < -0.4 is 0 Å². The molecule has 1 heterocycles. The molecule has 0 radical (unpaired) electrons. The van der Waals surface area contributed by atoms with E-state index in [2.05, 4.69) is 10.1 Å². The Morgan fingerprint density at radius 3 is 2.47 bits per heavy atom. The number of rotatable bonds is 3. The summed E-state index contributed by atoms with van der Waals surface area (Å²) in [5.74, 6) is 0.0348. The zero-order chi connectivity index (χ0) is 12.5. The van der Waals surface area contributed by atoms with Crippen molar-refractivity contribution in [1.82, 2.24) is 10.1 Å². The molecule has 0 saturated heterocycles. The first kappa shape index (κ1) is 11.4. The molecular formula is C12H11FN2O2. The van der Waals surface area contributed by atoms with Gasteiger partial charge < -0.3 is 4.52 Å². The largest absolute Gasteiger partial charge is 0.331 e. The SMILES string of the molecule is CC(C)(c1ccc(F)cc1)c1noc(C=O)n1. The molecule has 2 aromatic rings. The first-order valence-electron chi connectivity index (χ1n) is 5.09. The predicted octanol–water partition coefficient (Wildman–Crippen LogP) is 2.35. The maximum Gasteiger partial charge on any atom is 0.290 e. The fraction of sp³-hybridized carbons (Fsp3) is 0.250. The summed E-state index contributed by atoms with van der Waals surface area (Å²) < 4.78 is 17.6. The van der Waals surface area contributed by atoms with Crippen LogP contribution in [0.4, 0.5) is 4.39 Å². The maximum atomic E-state index is 12.8. The standard InChI is InChI=1S/C12H11FN2O2/c1-12(2,8-3-5-9(13)6-4-8)11-14-10(7-16)17-15-11/h3-7H,1-2H3. The summed E-state index contributed by atoms with van der Waals surface area (Å²) in [5, 5.41) is 3.75. The quantitative estimate of drug-likeness (QED) is 0.765. The van der Waals surface area contributed by atoms with E-state index in [4.69, 9.17) is 4.52 Å². The summed E-state index contributed by atoms with van der Waals surface area (Å²) in [6, 6.07) is 6.06. The van der Waals surface area contributed by atoms with E-state index in [1.54, 1.807) is 12.1 Å². The topological polar surface area (TPSA) is 56.0 Å². The van der Waals surface area contributed by atoms with Gasteiger partial charge in [0, 0.05) is 0 Å². The summed E-state index contributed by atoms with van der Waals surface area (Å²) in [6.07, 6.45) is 0.497. The minimum atomic E-state index is -0.543. The Hall–Kier alpha value is -2.04. The average Bonchev–Trinajstić information content (AvgIpc) is 2.78. The smallest absolute Gasteiger partial charge is 0.290 e. The van der Waals surface area contributed by atoms with E-state index in [9.17, 15) is 9.18 Å². The summed E-state index contributed by atoms with van der Waals surface area (Å²) in [4.78, 5) is 14.4. The number of halogens is 1. The Morgan fingerprint density at radius 1 is 1.29 bits per heavy atom. The van der Waals surface area contributed by atoms with Gasteiger partial charge in [0.15, 0.2) is 5.82 Å². The third-order valence-electron chi connectivity index (χ3n) is 2.67. The Labute approximate surface area is 97.5 Å². The fourth-order valence-corrected chi connectivity index (χ4v) is 1.53. The number of aldehydes is 1. The van der Waals surface area contributed by atoms with Crippen LogP contribution in [0.25, 0.3) is 0 Å². The van der Waals surface area contributed by atoms with Crippen molar-refractivity contribution < 1.29 is 13.7 Å². The molecule has 0 aliphatic carbocycles. The molecule has 0 aliphatic heterocycles. The Balaban J connectivity index is 2.41. The molecule has 0 fully saturated rings. The fourth-order valence-electron chi connectivity index (χ4n) is 1.53. The van der Waals surface area contributed by atoms with Gasteiger partial charge in [0.2, 0.25) is 6.29 Å². The summed E-state index contributed by atoms with van der Waals surface area (Å²) in [6.45, 7) is 3.75. The molecule has 0 saturated carbocycles. The molecule has 0 N–H and O–H groups in total. The van der Waals surface area contributed by atoms with Crippen LogP contribution in [0.1, 0.15) is 35.9 Å². The molecule has 17 heavy (non-hydrogen) atoms. The molecule has 2 rings (SSSR count). The molecule has 0 aliphatic rings. The van der Waals surface area contributed by atoms with Crippen LogP contribution in [0.15, 0.2) is 28.8 Å². The van der Waals surface area contributed by atoms with Gasteiger partial charge in [-0.3, -0.25) is 4.79 Å². The van der Waals surface area contributed by atoms with E-state index in [1.165, 1.54) is 12.1 Å². The number of carbonyl (C=O) groups is 1. The number of hydrogen-bond donors (Lipinski definition) is 0. The highest BCUT2D eigenvalue weighted by Gasteiger charge is 2.28. The first-order valence-corrected chi connectivity index (χ1v) is 5.09. The van der Waals surface area contributed by atoms with Gasteiger partial charge in [-0.25, -0.2) is 4.39 Å².